The monoisotopic (exact) mass is 439 g/mol. The number of esters is 1. The summed E-state index contributed by atoms with van der Waals surface area (Å²) in [7, 11) is 2.93. The average molecular weight is 439 g/mol. The fourth-order valence-corrected chi connectivity index (χ4v) is 5.34. The minimum Gasteiger partial charge on any atom is -0.456 e. The van der Waals surface area contributed by atoms with Crippen molar-refractivity contribution in [2.24, 2.45) is 0 Å². The van der Waals surface area contributed by atoms with E-state index in [0.717, 1.165) is 11.8 Å². The number of ether oxygens (including phenoxy) is 2. The lowest BCUT2D eigenvalue weighted by Crippen LogP contribution is -2.61. The van der Waals surface area contributed by atoms with Crippen molar-refractivity contribution in [3.63, 3.8) is 0 Å². The maximum Gasteiger partial charge on any atom is 0.357 e. The van der Waals surface area contributed by atoms with Gasteiger partial charge in [0.05, 0.1) is 14.9 Å². The molecular weight excluding hydrogens is 422 g/mol. The van der Waals surface area contributed by atoms with E-state index in [1.165, 1.54) is 55.1 Å². The first-order valence-corrected chi connectivity index (χ1v) is 10.2. The highest BCUT2D eigenvalue weighted by atomic mass is 32.2. The first kappa shape index (κ1) is 21.1. The van der Waals surface area contributed by atoms with Gasteiger partial charge in [0.25, 0.3) is 11.6 Å². The molecule has 1 aromatic rings. The summed E-state index contributed by atoms with van der Waals surface area (Å²) in [6, 6.07) is 5.61. The highest BCUT2D eigenvalue weighted by Crippen LogP contribution is 2.51. The second-order valence-electron chi connectivity index (χ2n) is 5.97. The summed E-state index contributed by atoms with van der Waals surface area (Å²) in [6.07, 6.45) is -0.657. The molecule has 29 heavy (non-hydrogen) atoms. The number of nitro groups is 1. The zero-order chi connectivity index (χ0) is 21.1. The Morgan fingerprint density at radius 1 is 1.34 bits per heavy atom. The third-order valence-corrected chi connectivity index (χ3v) is 6.85. The van der Waals surface area contributed by atoms with Crippen molar-refractivity contribution in [2.75, 3.05) is 19.9 Å². The van der Waals surface area contributed by atoms with Crippen LogP contribution in [0.2, 0.25) is 0 Å². The van der Waals surface area contributed by atoms with Crippen molar-refractivity contribution in [1.29, 1.82) is 0 Å². The lowest BCUT2D eigenvalue weighted by Gasteiger charge is -2.41. The van der Waals surface area contributed by atoms with Crippen LogP contribution in [0.5, 0.6) is 0 Å². The number of rotatable bonds is 8. The molecule has 154 valence electrons. The minimum atomic E-state index is -0.708. The van der Waals surface area contributed by atoms with Gasteiger partial charge < -0.3 is 14.8 Å². The van der Waals surface area contributed by atoms with Crippen LogP contribution in [0.15, 0.2) is 34.2 Å². The van der Waals surface area contributed by atoms with E-state index in [1.54, 1.807) is 0 Å². The van der Waals surface area contributed by atoms with Crippen LogP contribution in [0.25, 0.3) is 0 Å². The number of methoxy groups -OCH3 is 1. The van der Waals surface area contributed by atoms with Gasteiger partial charge >= 0.3 is 5.97 Å². The Balaban J connectivity index is 1.72. The number of fused-ring (bicyclic) bond motifs is 1. The maximum absolute atomic E-state index is 12.7. The Bertz CT molecular complexity index is 888. The quantitative estimate of drug-likeness (QED) is 0.275. The Labute approximate surface area is 174 Å². The number of hydrogen-bond acceptors (Lipinski definition) is 9. The molecule has 1 aromatic carbocycles. The van der Waals surface area contributed by atoms with Gasteiger partial charge in [-0.25, -0.2) is 4.79 Å². The number of hydrogen-bond donors (Lipinski definition) is 1. The number of nitrogens with one attached hydrogen (secondary N) is 1. The number of carbonyl (C=O) groups is 3. The van der Waals surface area contributed by atoms with E-state index in [2.05, 4.69) is 5.32 Å². The Hall–Kier alpha value is -2.57. The molecule has 1 unspecified atom stereocenters. The molecule has 1 N–H and O–H groups in total. The third kappa shape index (κ3) is 4.23. The maximum atomic E-state index is 12.7. The Kier molecular flexibility index (Phi) is 6.45. The number of carbonyl (C=O) groups excluding carboxylic acids is 3. The van der Waals surface area contributed by atoms with Crippen LogP contribution in [-0.2, 0) is 30.5 Å². The second-order valence-corrected chi connectivity index (χ2v) is 8.34. The molecule has 0 saturated carbocycles. The van der Waals surface area contributed by atoms with Gasteiger partial charge in [0.15, 0.2) is 11.8 Å². The molecule has 0 aliphatic carbocycles. The van der Waals surface area contributed by atoms with E-state index in [-0.39, 0.29) is 40.9 Å². The molecule has 0 radical (unpaired) electrons. The average Bonchev–Trinajstić information content (AvgIpc) is 3.05. The summed E-state index contributed by atoms with van der Waals surface area (Å²) in [5.74, 6) is -1.18. The molecule has 2 atom stereocenters. The van der Waals surface area contributed by atoms with Crippen LogP contribution < -0.4 is 5.32 Å². The van der Waals surface area contributed by atoms with Gasteiger partial charge in [-0.1, -0.05) is 11.8 Å². The molecule has 0 bridgehead atoms. The van der Waals surface area contributed by atoms with Crippen molar-refractivity contribution < 1.29 is 28.8 Å². The van der Waals surface area contributed by atoms with Gasteiger partial charge in [0, 0.05) is 26.3 Å². The van der Waals surface area contributed by atoms with Crippen LogP contribution >= 0.6 is 23.5 Å². The predicted octanol–water partition coefficient (Wildman–Crippen LogP) is 1.22. The topological polar surface area (TPSA) is 128 Å². The smallest absolute Gasteiger partial charge is 0.357 e. The fourth-order valence-electron chi connectivity index (χ4n) is 2.69. The molecular formula is C17H17N3O7S2. The molecule has 0 spiro atoms. The van der Waals surface area contributed by atoms with Crippen molar-refractivity contribution in [2.45, 2.75) is 18.1 Å². The van der Waals surface area contributed by atoms with Crippen LogP contribution in [-0.4, -0.2) is 59.0 Å². The third-order valence-electron chi connectivity index (χ3n) is 4.23. The van der Waals surface area contributed by atoms with E-state index in [9.17, 15) is 24.5 Å². The van der Waals surface area contributed by atoms with Crippen molar-refractivity contribution in [3.05, 3.63) is 49.9 Å². The molecule has 0 aromatic heterocycles. The highest BCUT2D eigenvalue weighted by molar-refractivity contribution is 8.23. The van der Waals surface area contributed by atoms with Crippen molar-refractivity contribution in [1.82, 2.24) is 10.2 Å². The Morgan fingerprint density at radius 3 is 2.62 bits per heavy atom. The Morgan fingerprint density at radius 2 is 2.03 bits per heavy atom. The summed E-state index contributed by atoms with van der Waals surface area (Å²) in [6.45, 7) is -0.112. The van der Waals surface area contributed by atoms with Crippen molar-refractivity contribution in [3.8, 4) is 0 Å². The van der Waals surface area contributed by atoms with Crippen LogP contribution in [0.3, 0.4) is 0 Å². The van der Waals surface area contributed by atoms with E-state index >= 15 is 0 Å². The summed E-state index contributed by atoms with van der Waals surface area (Å²) in [5.41, 5.74) is 0.590. The van der Waals surface area contributed by atoms with Gasteiger partial charge in [-0.3, -0.25) is 24.6 Å². The molecule has 2 amide bonds. The van der Waals surface area contributed by atoms with Gasteiger partial charge in [-0.2, -0.15) is 0 Å². The first-order valence-electron chi connectivity index (χ1n) is 8.38. The minimum absolute atomic E-state index is 0.0671. The fraction of sp³-hybridized carbons (Fsp3) is 0.353. The molecule has 2 aliphatic heterocycles. The number of β-lactam (4-membered cyclic amide) rings is 1. The molecule has 2 heterocycles. The lowest BCUT2D eigenvalue weighted by molar-refractivity contribution is -0.384. The number of nitrogens with zero attached hydrogens (tertiary/aromatic N) is 2. The largest absolute Gasteiger partial charge is 0.456 e. The predicted molar refractivity (Wildman–Crippen MR) is 105 cm³/mol. The SMILES string of the molecule is CNC(=O)CSC1=C(C(=O)OCc2ccc([N+](=O)[O-])cc2)N2C(=O)C(OC)[C@H]2S1. The van der Waals surface area contributed by atoms with E-state index in [1.807, 2.05) is 0 Å². The molecule has 1 fully saturated rings. The van der Waals surface area contributed by atoms with Crippen LogP contribution in [0, 0.1) is 10.1 Å². The van der Waals surface area contributed by atoms with Gasteiger partial charge in [-0.05, 0) is 17.7 Å². The summed E-state index contributed by atoms with van der Waals surface area (Å²) >= 11 is 2.43. The van der Waals surface area contributed by atoms with Gasteiger partial charge in [-0.15, -0.1) is 11.8 Å². The molecule has 1 saturated heterocycles. The number of non-ortho nitro benzene ring substituents is 1. The lowest BCUT2D eigenvalue weighted by atomic mass is 10.1. The number of amides is 2. The summed E-state index contributed by atoms with van der Waals surface area (Å²) in [5, 5.41) is 12.8. The molecule has 12 heteroatoms. The summed E-state index contributed by atoms with van der Waals surface area (Å²) in [4.78, 5) is 48.1. The second kappa shape index (κ2) is 8.84. The van der Waals surface area contributed by atoms with Crippen LogP contribution in [0.4, 0.5) is 5.69 Å². The number of benzene rings is 1. The highest BCUT2D eigenvalue weighted by Gasteiger charge is 2.57. The summed E-state index contributed by atoms with van der Waals surface area (Å²) < 4.78 is 11.0. The zero-order valence-electron chi connectivity index (χ0n) is 15.4. The zero-order valence-corrected chi connectivity index (χ0v) is 17.1. The van der Waals surface area contributed by atoms with E-state index < -0.39 is 17.0 Å². The van der Waals surface area contributed by atoms with Gasteiger partial charge in [0.1, 0.15) is 12.0 Å². The molecule has 3 rings (SSSR count). The number of thioether (sulfide) groups is 2. The molecule has 2 aliphatic rings. The normalized spacial score (nSPS) is 20.2. The van der Waals surface area contributed by atoms with E-state index in [0.29, 0.717) is 9.80 Å². The van der Waals surface area contributed by atoms with Gasteiger partial charge in [0.2, 0.25) is 5.91 Å². The first-order chi connectivity index (χ1) is 13.9. The standard InChI is InChI=1S/C17H17N3O7S2/c1-18-11(21)8-28-17-12(19-14(22)13(26-2)15(19)29-17)16(23)27-7-9-3-5-10(6-4-9)20(24)25/h3-6,13,15H,7-8H2,1-2H3,(H,18,21)/t13?,15-/m1/s1. The van der Waals surface area contributed by atoms with Crippen LogP contribution in [0.1, 0.15) is 5.56 Å². The molecule has 10 nitrogen and oxygen atoms in total. The van der Waals surface area contributed by atoms with Crippen molar-refractivity contribution >= 4 is 47.0 Å². The number of nitro benzene ring substituents is 1. The van der Waals surface area contributed by atoms with E-state index in [4.69, 9.17) is 9.47 Å².